The number of H-pyrrole nitrogens is 1. The van der Waals surface area contributed by atoms with Gasteiger partial charge in [-0.2, -0.15) is 0 Å². The Bertz CT molecular complexity index is 855. The highest BCUT2D eigenvalue weighted by Gasteiger charge is 2.20. The molecule has 0 unspecified atom stereocenters. The van der Waals surface area contributed by atoms with E-state index in [0.717, 1.165) is 12.8 Å². The molecule has 0 radical (unpaired) electrons. The highest BCUT2D eigenvalue weighted by Crippen LogP contribution is 2.19. The van der Waals surface area contributed by atoms with E-state index in [0.29, 0.717) is 29.7 Å². The lowest BCUT2D eigenvalue weighted by Gasteiger charge is -2.11. The predicted molar refractivity (Wildman–Crippen MR) is 102 cm³/mol. The normalized spacial score (nSPS) is 16.3. The monoisotopic (exact) mass is 391 g/mol. The topological polar surface area (TPSA) is 118 Å². The molecule has 2 heterocycles. The zero-order valence-electron chi connectivity index (χ0n) is 14.9. The molecule has 0 saturated carbocycles. The summed E-state index contributed by atoms with van der Waals surface area (Å²) in [5.74, 6) is -0.258. The molecule has 0 aliphatic carbocycles. The highest BCUT2D eigenvalue weighted by atomic mass is 32.2. The molecule has 10 heteroatoms. The van der Waals surface area contributed by atoms with Crippen molar-refractivity contribution in [1.29, 1.82) is 0 Å². The lowest BCUT2D eigenvalue weighted by molar-refractivity contribution is -0.114. The molecule has 0 spiro atoms. The summed E-state index contributed by atoms with van der Waals surface area (Å²) in [5, 5.41) is 12.3. The van der Waals surface area contributed by atoms with Crippen molar-refractivity contribution in [2.75, 3.05) is 23.0 Å². The molecule has 9 nitrogen and oxygen atoms in total. The van der Waals surface area contributed by atoms with E-state index in [4.69, 9.17) is 4.74 Å². The molecule has 2 amide bonds. The minimum absolute atomic E-state index is 0.00982. The van der Waals surface area contributed by atoms with Crippen LogP contribution in [0.2, 0.25) is 0 Å². The Balaban J connectivity index is 1.53. The van der Waals surface area contributed by atoms with E-state index in [2.05, 4.69) is 20.8 Å². The van der Waals surface area contributed by atoms with Gasteiger partial charge >= 0.3 is 5.69 Å². The molecule has 1 atom stereocenters. The second kappa shape index (κ2) is 8.87. The molecule has 1 fully saturated rings. The number of amides is 2. The Kier molecular flexibility index (Phi) is 6.30. The quantitative estimate of drug-likeness (QED) is 0.615. The number of hydrogen-bond donors (Lipinski definition) is 3. The third kappa shape index (κ3) is 5.44. The second-order valence-electron chi connectivity index (χ2n) is 6.15. The zero-order valence-corrected chi connectivity index (χ0v) is 15.7. The molecule has 1 saturated heterocycles. The van der Waals surface area contributed by atoms with Crippen LogP contribution in [0.4, 0.5) is 11.4 Å². The fraction of sp³-hybridized carbons (Fsp3) is 0.412. The first-order valence-electron chi connectivity index (χ1n) is 8.58. The number of aromatic nitrogens is 3. The average molecular weight is 391 g/mol. The van der Waals surface area contributed by atoms with Crippen LogP contribution in [0.1, 0.15) is 19.8 Å². The van der Waals surface area contributed by atoms with Crippen LogP contribution in [-0.2, 0) is 20.9 Å². The summed E-state index contributed by atoms with van der Waals surface area (Å²) in [6.07, 6.45) is 1.91. The van der Waals surface area contributed by atoms with Crippen LogP contribution in [0.25, 0.3) is 0 Å². The molecule has 1 aliphatic rings. The number of carbonyl (C=O) groups excluding carboxylic acids is 2. The molecule has 1 aromatic carbocycles. The van der Waals surface area contributed by atoms with E-state index >= 15 is 0 Å². The summed E-state index contributed by atoms with van der Waals surface area (Å²) in [6, 6.07) is 6.82. The van der Waals surface area contributed by atoms with E-state index in [1.807, 2.05) is 0 Å². The number of hydrogen-bond acceptors (Lipinski definition) is 6. The van der Waals surface area contributed by atoms with Gasteiger partial charge in [-0.15, -0.1) is 5.10 Å². The van der Waals surface area contributed by atoms with Crippen molar-refractivity contribution in [1.82, 2.24) is 14.8 Å². The fourth-order valence-electron chi connectivity index (χ4n) is 2.73. The lowest BCUT2D eigenvalue weighted by atomic mass is 10.2. The van der Waals surface area contributed by atoms with Crippen LogP contribution in [0, 0.1) is 0 Å². The zero-order chi connectivity index (χ0) is 19.2. The van der Waals surface area contributed by atoms with Crippen LogP contribution in [0.5, 0.6) is 0 Å². The van der Waals surface area contributed by atoms with Gasteiger partial charge in [0.25, 0.3) is 0 Å². The van der Waals surface area contributed by atoms with Gasteiger partial charge in [0.15, 0.2) is 5.16 Å². The van der Waals surface area contributed by atoms with Crippen molar-refractivity contribution in [2.24, 2.45) is 0 Å². The first-order valence-corrected chi connectivity index (χ1v) is 9.57. The fourth-order valence-corrected chi connectivity index (χ4v) is 3.49. The van der Waals surface area contributed by atoms with E-state index < -0.39 is 0 Å². The number of thioether (sulfide) groups is 1. The third-order valence-corrected chi connectivity index (χ3v) is 4.93. The summed E-state index contributed by atoms with van der Waals surface area (Å²) >= 11 is 1.19. The number of ether oxygens (including phenoxy) is 1. The van der Waals surface area contributed by atoms with E-state index in [1.165, 1.54) is 23.3 Å². The molecular weight excluding hydrogens is 370 g/mol. The van der Waals surface area contributed by atoms with E-state index in [-0.39, 0.29) is 29.4 Å². The number of carbonyl (C=O) groups is 2. The Morgan fingerprint density at radius 2 is 2.00 bits per heavy atom. The summed E-state index contributed by atoms with van der Waals surface area (Å²) in [6.45, 7) is 2.58. The maximum absolute atomic E-state index is 12.2. The van der Waals surface area contributed by atoms with Gasteiger partial charge in [-0.05, 0) is 37.1 Å². The van der Waals surface area contributed by atoms with Crippen molar-refractivity contribution >= 4 is 35.0 Å². The Labute approximate surface area is 159 Å². The molecule has 0 bridgehead atoms. The summed E-state index contributed by atoms with van der Waals surface area (Å²) in [7, 11) is 0. The van der Waals surface area contributed by atoms with Crippen LogP contribution >= 0.6 is 11.8 Å². The van der Waals surface area contributed by atoms with Gasteiger partial charge in [-0.1, -0.05) is 11.8 Å². The minimum atomic E-state index is -0.304. The minimum Gasteiger partial charge on any atom is -0.376 e. The van der Waals surface area contributed by atoms with Crippen molar-refractivity contribution in [3.8, 4) is 0 Å². The summed E-state index contributed by atoms with van der Waals surface area (Å²) in [4.78, 5) is 35.1. The molecule has 27 heavy (non-hydrogen) atoms. The molecule has 2 aromatic rings. The first kappa shape index (κ1) is 19.2. The van der Waals surface area contributed by atoms with Gasteiger partial charge in [0, 0.05) is 24.9 Å². The number of aromatic amines is 1. The molecule has 1 aromatic heterocycles. The summed E-state index contributed by atoms with van der Waals surface area (Å²) < 4.78 is 7.07. The lowest BCUT2D eigenvalue weighted by Crippen LogP contribution is -2.25. The third-order valence-electron chi connectivity index (χ3n) is 3.95. The van der Waals surface area contributed by atoms with E-state index in [9.17, 15) is 14.4 Å². The maximum Gasteiger partial charge on any atom is 0.344 e. The van der Waals surface area contributed by atoms with Crippen molar-refractivity contribution in [3.63, 3.8) is 0 Å². The molecule has 3 rings (SSSR count). The van der Waals surface area contributed by atoms with Crippen molar-refractivity contribution in [2.45, 2.75) is 37.6 Å². The van der Waals surface area contributed by atoms with Gasteiger partial charge in [-0.25, -0.2) is 9.89 Å². The number of nitrogens with one attached hydrogen (secondary N) is 3. The highest BCUT2D eigenvalue weighted by molar-refractivity contribution is 7.99. The molecular formula is C17H21N5O4S. The van der Waals surface area contributed by atoms with Crippen LogP contribution in [-0.4, -0.2) is 45.0 Å². The molecule has 144 valence electrons. The number of anilines is 2. The van der Waals surface area contributed by atoms with Crippen LogP contribution < -0.4 is 16.3 Å². The number of rotatable bonds is 7. The smallest absolute Gasteiger partial charge is 0.344 e. The van der Waals surface area contributed by atoms with Crippen molar-refractivity contribution < 1.29 is 14.3 Å². The van der Waals surface area contributed by atoms with Crippen LogP contribution in [0.3, 0.4) is 0 Å². The SMILES string of the molecule is CC(=O)Nc1ccc(NC(=O)CSc2n[nH]c(=O)n2C[C@H]2CCCO2)cc1. The summed E-state index contributed by atoms with van der Waals surface area (Å²) in [5.41, 5.74) is 0.972. The largest absolute Gasteiger partial charge is 0.376 e. The predicted octanol–water partition coefficient (Wildman–Crippen LogP) is 1.44. The van der Waals surface area contributed by atoms with Gasteiger partial charge in [-0.3, -0.25) is 14.2 Å². The average Bonchev–Trinajstić information content (AvgIpc) is 3.26. The van der Waals surface area contributed by atoms with E-state index in [1.54, 1.807) is 24.3 Å². The second-order valence-corrected chi connectivity index (χ2v) is 7.09. The first-order chi connectivity index (χ1) is 13.0. The number of benzene rings is 1. The van der Waals surface area contributed by atoms with Gasteiger partial charge < -0.3 is 15.4 Å². The maximum atomic E-state index is 12.2. The van der Waals surface area contributed by atoms with Crippen LogP contribution in [0.15, 0.2) is 34.2 Å². The Hall–Kier alpha value is -2.59. The Morgan fingerprint density at radius 1 is 1.30 bits per heavy atom. The van der Waals surface area contributed by atoms with Gasteiger partial charge in [0.2, 0.25) is 11.8 Å². The van der Waals surface area contributed by atoms with Crippen molar-refractivity contribution in [3.05, 3.63) is 34.7 Å². The number of nitrogens with zero attached hydrogens (tertiary/aromatic N) is 2. The van der Waals surface area contributed by atoms with Gasteiger partial charge in [0.1, 0.15) is 0 Å². The standard InChI is InChI=1S/C17H21N5O4S/c1-11(23)18-12-4-6-13(7-5-12)19-15(24)10-27-17-21-20-16(25)22(17)9-14-3-2-8-26-14/h4-7,14H,2-3,8-10H2,1H3,(H,18,23)(H,19,24)(H,20,25)/t14-/m1/s1. The molecule has 3 N–H and O–H groups in total. The molecule has 1 aliphatic heterocycles. The Morgan fingerprint density at radius 3 is 2.63 bits per heavy atom. The van der Waals surface area contributed by atoms with Gasteiger partial charge in [0.05, 0.1) is 18.4 Å².